The summed E-state index contributed by atoms with van der Waals surface area (Å²) in [6.07, 6.45) is 2.04. The molecule has 0 bridgehead atoms. The zero-order valence-electron chi connectivity index (χ0n) is 12.0. The van der Waals surface area contributed by atoms with Crippen LogP contribution in [0.4, 0.5) is 0 Å². The molecule has 2 aromatic rings. The van der Waals surface area contributed by atoms with E-state index in [-0.39, 0.29) is 12.3 Å². The van der Waals surface area contributed by atoms with Gasteiger partial charge in [0.25, 0.3) is 0 Å². The Labute approximate surface area is 127 Å². The van der Waals surface area contributed by atoms with Crippen molar-refractivity contribution < 1.29 is 18.8 Å². The zero-order valence-corrected chi connectivity index (χ0v) is 12.8. The molecule has 6 heteroatoms. The molecule has 0 aliphatic rings. The van der Waals surface area contributed by atoms with Crippen molar-refractivity contribution in [3.63, 3.8) is 0 Å². The van der Waals surface area contributed by atoms with Crippen molar-refractivity contribution >= 4 is 17.7 Å². The Balaban J connectivity index is 1.81. The molecule has 0 aliphatic carbocycles. The molecule has 1 aromatic heterocycles. The van der Waals surface area contributed by atoms with E-state index in [4.69, 9.17) is 14.0 Å². The molecule has 0 saturated carbocycles. The molecule has 5 nitrogen and oxygen atoms in total. The smallest absolute Gasteiger partial charge is 0.360 e. The molecule has 1 heterocycles. The predicted molar refractivity (Wildman–Crippen MR) is 79.2 cm³/mol. The van der Waals surface area contributed by atoms with Gasteiger partial charge in [-0.2, -0.15) is 0 Å². The maximum atomic E-state index is 11.4. The van der Waals surface area contributed by atoms with Crippen molar-refractivity contribution in [2.45, 2.75) is 25.0 Å². The minimum absolute atomic E-state index is 0.166. The summed E-state index contributed by atoms with van der Waals surface area (Å²) in [6, 6.07) is 9.69. The number of carbonyl (C=O) groups is 1. The van der Waals surface area contributed by atoms with E-state index in [1.165, 1.54) is 11.0 Å². The number of nitrogens with zero attached hydrogens (tertiary/aromatic N) is 1. The molecule has 0 N–H and O–H groups in total. The highest BCUT2D eigenvalue weighted by Crippen LogP contribution is 2.15. The predicted octanol–water partition coefficient (Wildman–Crippen LogP) is 3.29. The van der Waals surface area contributed by atoms with Crippen LogP contribution in [0.2, 0.25) is 0 Å². The number of hydrogen-bond donors (Lipinski definition) is 0. The van der Waals surface area contributed by atoms with E-state index in [0.29, 0.717) is 19.0 Å². The minimum Gasteiger partial charge on any atom is -0.461 e. The van der Waals surface area contributed by atoms with Crippen LogP contribution in [0.1, 0.15) is 28.7 Å². The fourth-order valence-corrected chi connectivity index (χ4v) is 2.08. The summed E-state index contributed by atoms with van der Waals surface area (Å²) in [4.78, 5) is 12.6. The van der Waals surface area contributed by atoms with Crippen molar-refractivity contribution in [2.24, 2.45) is 0 Å². The number of carbonyl (C=O) groups excluding carboxylic acids is 1. The first kappa shape index (κ1) is 15.6. The minimum atomic E-state index is -0.486. The molecule has 0 spiro atoms. The van der Waals surface area contributed by atoms with Gasteiger partial charge in [-0.25, -0.2) is 4.79 Å². The lowest BCUT2D eigenvalue weighted by atomic mass is 10.2. The Hall–Kier alpha value is -1.79. The van der Waals surface area contributed by atoms with Crippen molar-refractivity contribution in [2.75, 3.05) is 12.9 Å². The molecule has 21 heavy (non-hydrogen) atoms. The van der Waals surface area contributed by atoms with E-state index in [1.54, 1.807) is 18.7 Å². The van der Waals surface area contributed by atoms with Crippen LogP contribution in [0, 0.1) is 0 Å². The van der Waals surface area contributed by atoms with Crippen molar-refractivity contribution in [1.29, 1.82) is 0 Å². The van der Waals surface area contributed by atoms with Gasteiger partial charge in [0.1, 0.15) is 6.61 Å². The first-order chi connectivity index (χ1) is 10.2. The number of aromatic nitrogens is 1. The normalized spacial score (nSPS) is 10.6. The summed E-state index contributed by atoms with van der Waals surface area (Å²) in [5.74, 6) is 0.0129. The summed E-state index contributed by atoms with van der Waals surface area (Å²) < 4.78 is 15.4. The van der Waals surface area contributed by atoms with Gasteiger partial charge in [0, 0.05) is 11.0 Å². The molecule has 2 rings (SSSR count). The highest BCUT2D eigenvalue weighted by Gasteiger charge is 2.13. The maximum Gasteiger partial charge on any atom is 0.360 e. The van der Waals surface area contributed by atoms with Crippen LogP contribution < -0.4 is 0 Å². The topological polar surface area (TPSA) is 61.6 Å². The third-order valence-electron chi connectivity index (χ3n) is 2.72. The number of benzene rings is 1. The summed E-state index contributed by atoms with van der Waals surface area (Å²) in [6.45, 7) is 2.79. The van der Waals surface area contributed by atoms with Crippen LogP contribution in [-0.2, 0) is 22.7 Å². The van der Waals surface area contributed by atoms with Crippen LogP contribution in [-0.4, -0.2) is 24.0 Å². The van der Waals surface area contributed by atoms with E-state index >= 15 is 0 Å². The molecule has 0 amide bonds. The summed E-state index contributed by atoms with van der Waals surface area (Å²) >= 11 is 1.70. The second-order valence-corrected chi connectivity index (χ2v) is 5.12. The monoisotopic (exact) mass is 307 g/mol. The average Bonchev–Trinajstić information content (AvgIpc) is 2.97. The number of esters is 1. The third kappa shape index (κ3) is 4.61. The molecular formula is C15H17NO4S. The Morgan fingerprint density at radius 2 is 2.05 bits per heavy atom. The standard InChI is InChI=1S/C15H17NO4S/c1-3-19-15(17)14-8-12(20-16-14)10-18-9-11-4-6-13(21-2)7-5-11/h4-8H,3,9-10H2,1-2H3. The van der Waals surface area contributed by atoms with Crippen molar-refractivity contribution in [3.05, 3.63) is 47.3 Å². The first-order valence-corrected chi connectivity index (χ1v) is 7.78. The van der Waals surface area contributed by atoms with E-state index in [2.05, 4.69) is 17.3 Å². The molecular weight excluding hydrogens is 290 g/mol. The van der Waals surface area contributed by atoms with Gasteiger partial charge in [-0.1, -0.05) is 17.3 Å². The Kier molecular flexibility index (Phi) is 5.83. The summed E-state index contributed by atoms with van der Waals surface area (Å²) in [5.41, 5.74) is 1.25. The fraction of sp³-hybridized carbons (Fsp3) is 0.333. The van der Waals surface area contributed by atoms with Crippen LogP contribution in [0.5, 0.6) is 0 Å². The average molecular weight is 307 g/mol. The third-order valence-corrected chi connectivity index (χ3v) is 3.46. The van der Waals surface area contributed by atoms with Gasteiger partial charge in [-0.3, -0.25) is 0 Å². The number of rotatable bonds is 7. The van der Waals surface area contributed by atoms with E-state index in [9.17, 15) is 4.79 Å². The van der Waals surface area contributed by atoms with E-state index in [0.717, 1.165) is 5.56 Å². The number of thioether (sulfide) groups is 1. The van der Waals surface area contributed by atoms with E-state index < -0.39 is 5.97 Å². The van der Waals surface area contributed by atoms with E-state index in [1.807, 2.05) is 18.4 Å². The van der Waals surface area contributed by atoms with Gasteiger partial charge < -0.3 is 14.0 Å². The second kappa shape index (κ2) is 7.85. The Bertz CT molecular complexity index is 580. The lowest BCUT2D eigenvalue weighted by Gasteiger charge is -2.03. The summed E-state index contributed by atoms with van der Waals surface area (Å²) in [5, 5.41) is 3.65. The van der Waals surface area contributed by atoms with Gasteiger partial charge in [0.05, 0.1) is 13.2 Å². The summed E-state index contributed by atoms with van der Waals surface area (Å²) in [7, 11) is 0. The lowest BCUT2D eigenvalue weighted by molar-refractivity contribution is 0.0513. The fourth-order valence-electron chi connectivity index (χ4n) is 1.67. The molecule has 0 aliphatic heterocycles. The van der Waals surface area contributed by atoms with Gasteiger partial charge in [0.2, 0.25) is 0 Å². The van der Waals surface area contributed by atoms with Crippen LogP contribution in [0.25, 0.3) is 0 Å². The second-order valence-electron chi connectivity index (χ2n) is 4.24. The first-order valence-electron chi connectivity index (χ1n) is 6.56. The molecule has 0 radical (unpaired) electrons. The molecule has 0 saturated heterocycles. The quantitative estimate of drug-likeness (QED) is 0.578. The van der Waals surface area contributed by atoms with Gasteiger partial charge in [-0.15, -0.1) is 11.8 Å². The Morgan fingerprint density at radius 3 is 2.71 bits per heavy atom. The highest BCUT2D eigenvalue weighted by atomic mass is 32.2. The molecule has 1 aromatic carbocycles. The zero-order chi connectivity index (χ0) is 15.1. The van der Waals surface area contributed by atoms with Gasteiger partial charge >= 0.3 is 5.97 Å². The van der Waals surface area contributed by atoms with Crippen molar-refractivity contribution in [3.8, 4) is 0 Å². The van der Waals surface area contributed by atoms with Crippen molar-refractivity contribution in [1.82, 2.24) is 5.16 Å². The van der Waals surface area contributed by atoms with Crippen LogP contribution in [0.15, 0.2) is 39.8 Å². The SMILES string of the molecule is CCOC(=O)c1cc(COCc2ccc(SC)cc2)on1. The molecule has 0 atom stereocenters. The van der Waals surface area contributed by atoms with Crippen LogP contribution >= 0.6 is 11.8 Å². The molecule has 0 unspecified atom stereocenters. The number of hydrogen-bond acceptors (Lipinski definition) is 6. The maximum absolute atomic E-state index is 11.4. The Morgan fingerprint density at radius 1 is 1.29 bits per heavy atom. The lowest BCUT2D eigenvalue weighted by Crippen LogP contribution is -2.04. The van der Waals surface area contributed by atoms with Gasteiger partial charge in [0.15, 0.2) is 11.5 Å². The highest BCUT2D eigenvalue weighted by molar-refractivity contribution is 7.98. The molecule has 112 valence electrons. The van der Waals surface area contributed by atoms with Crippen LogP contribution in [0.3, 0.4) is 0 Å². The molecule has 0 fully saturated rings. The largest absolute Gasteiger partial charge is 0.461 e. The number of ether oxygens (including phenoxy) is 2. The van der Waals surface area contributed by atoms with Gasteiger partial charge in [-0.05, 0) is 30.9 Å².